The van der Waals surface area contributed by atoms with Crippen LogP contribution in [-0.2, 0) is 11.3 Å². The number of nitrogens with zero attached hydrogens (tertiary/aromatic N) is 3. The Kier molecular flexibility index (Phi) is 6.75. The molecule has 8 heteroatoms. The van der Waals surface area contributed by atoms with E-state index in [9.17, 15) is 8.78 Å². The molecule has 0 amide bonds. The molecule has 2 rings (SSSR count). The highest BCUT2D eigenvalue weighted by Crippen LogP contribution is 2.33. The molecule has 0 aromatic carbocycles. The summed E-state index contributed by atoms with van der Waals surface area (Å²) < 4.78 is 32.5. The van der Waals surface area contributed by atoms with Crippen LogP contribution in [-0.4, -0.2) is 41.8 Å². The Hall–Kier alpha value is -1.70. The molecule has 0 spiro atoms. The van der Waals surface area contributed by atoms with E-state index < -0.39 is 6.55 Å². The molecule has 1 saturated heterocycles. The van der Waals surface area contributed by atoms with Gasteiger partial charge >= 0.3 is 6.55 Å². The smallest absolute Gasteiger partial charge is 0.319 e. The van der Waals surface area contributed by atoms with E-state index in [0.717, 1.165) is 30.6 Å². The zero-order chi connectivity index (χ0) is 18.4. The molecule has 1 aliphatic rings. The molecule has 0 saturated carbocycles. The maximum absolute atomic E-state index is 12.8. The highest BCUT2D eigenvalue weighted by molar-refractivity contribution is 5.79. The van der Waals surface area contributed by atoms with E-state index in [1.54, 1.807) is 7.05 Å². The van der Waals surface area contributed by atoms with Crippen LogP contribution in [0, 0.1) is 11.3 Å². The van der Waals surface area contributed by atoms with Crippen molar-refractivity contribution < 1.29 is 13.5 Å². The summed E-state index contributed by atoms with van der Waals surface area (Å²) in [5.74, 6) is 1.23. The van der Waals surface area contributed by atoms with Gasteiger partial charge in [-0.15, -0.1) is 0 Å². The maximum Gasteiger partial charge on any atom is 0.319 e. The van der Waals surface area contributed by atoms with Gasteiger partial charge in [0.05, 0.1) is 12.6 Å². The van der Waals surface area contributed by atoms with E-state index >= 15 is 0 Å². The highest BCUT2D eigenvalue weighted by Gasteiger charge is 2.35. The Morgan fingerprint density at radius 3 is 2.84 bits per heavy atom. The van der Waals surface area contributed by atoms with Crippen LogP contribution in [0.25, 0.3) is 0 Å². The van der Waals surface area contributed by atoms with Gasteiger partial charge in [0.25, 0.3) is 0 Å². The van der Waals surface area contributed by atoms with Gasteiger partial charge in [0.15, 0.2) is 5.96 Å². The van der Waals surface area contributed by atoms with E-state index in [2.05, 4.69) is 41.4 Å². The molecular formula is C17H29F2N5O. The first-order valence-electron chi connectivity index (χ1n) is 8.69. The predicted molar refractivity (Wildman–Crippen MR) is 93.6 cm³/mol. The van der Waals surface area contributed by atoms with Crippen molar-refractivity contribution in [3.63, 3.8) is 0 Å². The van der Waals surface area contributed by atoms with Crippen molar-refractivity contribution in [3.8, 4) is 0 Å². The molecule has 2 N–H and O–H groups in total. The second-order valence-corrected chi connectivity index (χ2v) is 7.39. The predicted octanol–water partition coefficient (Wildman–Crippen LogP) is 2.78. The monoisotopic (exact) mass is 357 g/mol. The Morgan fingerprint density at radius 2 is 2.20 bits per heavy atom. The van der Waals surface area contributed by atoms with Crippen LogP contribution >= 0.6 is 0 Å². The third-order valence-corrected chi connectivity index (χ3v) is 4.43. The molecule has 2 heterocycles. The summed E-state index contributed by atoms with van der Waals surface area (Å²) >= 11 is 0. The van der Waals surface area contributed by atoms with Crippen molar-refractivity contribution in [2.75, 3.05) is 20.2 Å². The zero-order valence-electron chi connectivity index (χ0n) is 15.4. The van der Waals surface area contributed by atoms with Gasteiger partial charge in [0.2, 0.25) is 0 Å². The highest BCUT2D eigenvalue weighted by atomic mass is 19.3. The summed E-state index contributed by atoms with van der Waals surface area (Å²) in [4.78, 5) is 8.12. The number of halogens is 2. The van der Waals surface area contributed by atoms with Crippen molar-refractivity contribution in [3.05, 3.63) is 18.2 Å². The quantitative estimate of drug-likeness (QED) is 0.628. The molecular weight excluding hydrogens is 328 g/mol. The maximum atomic E-state index is 12.8. The van der Waals surface area contributed by atoms with Gasteiger partial charge in [0, 0.05) is 38.5 Å². The summed E-state index contributed by atoms with van der Waals surface area (Å²) in [6.07, 6.45) is 4.97. The van der Waals surface area contributed by atoms with Gasteiger partial charge in [-0.05, 0) is 18.3 Å². The first kappa shape index (κ1) is 19.6. The van der Waals surface area contributed by atoms with Crippen LogP contribution in [0.1, 0.15) is 46.0 Å². The van der Waals surface area contributed by atoms with Crippen molar-refractivity contribution in [1.82, 2.24) is 20.2 Å². The van der Waals surface area contributed by atoms with Crippen molar-refractivity contribution >= 4 is 5.96 Å². The third kappa shape index (κ3) is 5.39. The number of aliphatic imine (C=N–C) groups is 1. The number of hydrogen-bond donors (Lipinski definition) is 2. The van der Waals surface area contributed by atoms with Gasteiger partial charge in [-0.3, -0.25) is 9.56 Å². The van der Waals surface area contributed by atoms with Gasteiger partial charge in [-0.1, -0.05) is 20.8 Å². The van der Waals surface area contributed by atoms with Gasteiger partial charge in [-0.25, -0.2) is 4.98 Å². The molecule has 1 fully saturated rings. The second kappa shape index (κ2) is 8.60. The van der Waals surface area contributed by atoms with Crippen LogP contribution in [0.5, 0.6) is 0 Å². The number of hydrogen-bond acceptors (Lipinski definition) is 3. The van der Waals surface area contributed by atoms with E-state index in [-0.39, 0.29) is 23.9 Å². The minimum atomic E-state index is -2.60. The minimum Gasteiger partial charge on any atom is -0.377 e. The number of nitrogens with one attached hydrogen (secondary N) is 2. The number of guanidine groups is 1. The van der Waals surface area contributed by atoms with Crippen LogP contribution in [0.4, 0.5) is 8.78 Å². The Labute approximate surface area is 148 Å². The summed E-state index contributed by atoms with van der Waals surface area (Å²) in [5.41, 5.74) is 0.0751. The Morgan fingerprint density at radius 1 is 1.44 bits per heavy atom. The van der Waals surface area contributed by atoms with E-state index in [1.165, 1.54) is 12.4 Å². The fraction of sp³-hybridized carbons (Fsp3) is 0.765. The molecule has 1 aliphatic heterocycles. The zero-order valence-corrected chi connectivity index (χ0v) is 15.4. The minimum absolute atomic E-state index is 0.0751. The van der Waals surface area contributed by atoms with Gasteiger partial charge in [0.1, 0.15) is 5.82 Å². The van der Waals surface area contributed by atoms with Crippen molar-refractivity contribution in [2.24, 2.45) is 16.3 Å². The fourth-order valence-electron chi connectivity index (χ4n) is 3.28. The van der Waals surface area contributed by atoms with E-state index in [1.807, 2.05) is 0 Å². The van der Waals surface area contributed by atoms with Crippen LogP contribution in [0.15, 0.2) is 17.4 Å². The first-order chi connectivity index (χ1) is 11.8. The number of ether oxygens (including phenoxy) is 1. The summed E-state index contributed by atoms with van der Waals surface area (Å²) in [6, 6.07) is 0. The number of rotatable bonds is 5. The molecule has 0 aliphatic carbocycles. The molecule has 6 nitrogen and oxygen atoms in total. The van der Waals surface area contributed by atoms with Gasteiger partial charge < -0.3 is 15.4 Å². The topological polar surface area (TPSA) is 63.5 Å². The molecule has 2 atom stereocenters. The third-order valence-electron chi connectivity index (χ3n) is 4.43. The average molecular weight is 357 g/mol. The molecule has 0 radical (unpaired) electrons. The number of alkyl halides is 2. The molecule has 142 valence electrons. The number of aromatic nitrogens is 2. The Balaban J connectivity index is 1.88. The molecule has 1 aromatic heterocycles. The Bertz CT molecular complexity index is 568. The number of imidazole rings is 1. The summed E-state index contributed by atoms with van der Waals surface area (Å²) in [5, 5.41) is 6.33. The lowest BCUT2D eigenvalue weighted by Crippen LogP contribution is -2.47. The van der Waals surface area contributed by atoms with E-state index in [4.69, 9.17) is 4.74 Å². The first-order valence-corrected chi connectivity index (χ1v) is 8.69. The standard InChI is InChI=1S/C17H29F2N5O/c1-17(2,3)14-12(6-5-9-25-14)10-22-16(20-4)23-11-13-21-7-8-24(13)15(18)19/h7-8,12,14-15H,5-6,9-11H2,1-4H3,(H2,20,22,23). The molecule has 1 aromatic rings. The fourth-order valence-corrected chi connectivity index (χ4v) is 3.28. The van der Waals surface area contributed by atoms with Crippen molar-refractivity contribution in [2.45, 2.75) is 52.8 Å². The average Bonchev–Trinajstić information content (AvgIpc) is 3.03. The largest absolute Gasteiger partial charge is 0.377 e. The van der Waals surface area contributed by atoms with Crippen molar-refractivity contribution in [1.29, 1.82) is 0 Å². The second-order valence-electron chi connectivity index (χ2n) is 7.39. The molecule has 0 bridgehead atoms. The molecule has 2 unspecified atom stereocenters. The molecule has 25 heavy (non-hydrogen) atoms. The lowest BCUT2D eigenvalue weighted by Gasteiger charge is -2.40. The lowest BCUT2D eigenvalue weighted by molar-refractivity contribution is -0.0835. The van der Waals surface area contributed by atoms with E-state index in [0.29, 0.717) is 11.9 Å². The summed E-state index contributed by atoms with van der Waals surface area (Å²) in [6.45, 7) is 5.68. The SMILES string of the molecule is CN=C(NCc1nccn1C(F)F)NCC1CCCOC1C(C)(C)C. The lowest BCUT2D eigenvalue weighted by atomic mass is 9.78. The van der Waals surface area contributed by atoms with Crippen LogP contribution in [0.3, 0.4) is 0 Å². The van der Waals surface area contributed by atoms with Crippen LogP contribution < -0.4 is 10.6 Å². The van der Waals surface area contributed by atoms with Gasteiger partial charge in [-0.2, -0.15) is 8.78 Å². The normalized spacial score (nSPS) is 22.3. The summed E-state index contributed by atoms with van der Waals surface area (Å²) in [7, 11) is 1.66. The van der Waals surface area contributed by atoms with Crippen LogP contribution in [0.2, 0.25) is 0 Å².